The maximum atomic E-state index is 11.6. The normalized spacial score (nSPS) is 25.7. The summed E-state index contributed by atoms with van der Waals surface area (Å²) in [6.07, 6.45) is -4.84. The monoisotopic (exact) mass is 395 g/mol. The van der Waals surface area contributed by atoms with Crippen LogP contribution < -0.4 is 11.3 Å². The van der Waals surface area contributed by atoms with E-state index in [0.29, 0.717) is 0 Å². The summed E-state index contributed by atoms with van der Waals surface area (Å²) in [5.41, 5.74) is 4.81. The summed E-state index contributed by atoms with van der Waals surface area (Å²) in [5.74, 6) is -1.59. The smallest absolute Gasteiger partial charge is 0.466 e. The van der Waals surface area contributed by atoms with Crippen molar-refractivity contribution in [1.29, 1.82) is 0 Å². The van der Waals surface area contributed by atoms with Gasteiger partial charge in [-0.25, -0.2) is 14.3 Å². The highest BCUT2D eigenvalue weighted by Gasteiger charge is 2.48. The number of aliphatic hydroxyl groups is 2. The van der Waals surface area contributed by atoms with Crippen LogP contribution >= 0.6 is 7.82 Å². The summed E-state index contributed by atoms with van der Waals surface area (Å²) >= 11 is 0. The fourth-order valence-corrected chi connectivity index (χ4v) is 2.22. The molecule has 0 saturated carbocycles. The largest absolute Gasteiger partial charge is 0.479 e. The molecule has 0 spiro atoms. The first-order valence-corrected chi connectivity index (χ1v) is 8.21. The van der Waals surface area contributed by atoms with Crippen molar-refractivity contribution in [1.82, 2.24) is 19.5 Å². The van der Waals surface area contributed by atoms with Gasteiger partial charge in [-0.05, 0) is 0 Å². The zero-order valence-electron chi connectivity index (χ0n) is 12.6. The third kappa shape index (κ3) is 4.23. The number of nitrogens with one attached hydrogen (secondary N) is 1. The molecular formula is C10H14N5O10P. The van der Waals surface area contributed by atoms with E-state index < -0.39 is 43.9 Å². The molecule has 0 unspecified atom stereocenters. The number of fused-ring (bicyclic) bond motifs is 1. The van der Waals surface area contributed by atoms with Gasteiger partial charge in [0.05, 0.1) is 6.33 Å². The van der Waals surface area contributed by atoms with E-state index >= 15 is 0 Å². The molecule has 0 aliphatic carbocycles. The predicted octanol–water partition coefficient (Wildman–Crippen LogP) is -3.52. The third-order valence-corrected chi connectivity index (χ3v) is 3.21. The Morgan fingerprint density at radius 2 is 1.88 bits per heavy atom. The van der Waals surface area contributed by atoms with E-state index in [1.807, 2.05) is 0 Å². The molecule has 9 N–H and O–H groups in total. The van der Waals surface area contributed by atoms with Gasteiger partial charge in [0.15, 0.2) is 23.5 Å². The van der Waals surface area contributed by atoms with E-state index in [2.05, 4.69) is 15.0 Å². The summed E-state index contributed by atoms with van der Waals surface area (Å²) in [6, 6.07) is 0. The maximum absolute atomic E-state index is 11.6. The van der Waals surface area contributed by atoms with Crippen LogP contribution in [-0.4, -0.2) is 73.8 Å². The molecule has 1 saturated heterocycles. The molecule has 0 bridgehead atoms. The lowest BCUT2D eigenvalue weighted by Gasteiger charge is -2.16. The fraction of sp³-hybridized carbons (Fsp3) is 0.400. The predicted molar refractivity (Wildman–Crippen MR) is 80.4 cm³/mol. The molecule has 2 aromatic heterocycles. The van der Waals surface area contributed by atoms with Crippen molar-refractivity contribution in [3.05, 3.63) is 16.7 Å². The second kappa shape index (κ2) is 7.08. The van der Waals surface area contributed by atoms with Gasteiger partial charge in [-0.2, -0.15) is 4.98 Å². The van der Waals surface area contributed by atoms with Crippen molar-refractivity contribution in [2.24, 2.45) is 0 Å². The first-order chi connectivity index (χ1) is 11.9. The number of aromatic nitrogens is 4. The standard InChI is InChI=1S/C10H11N5O6.H3O4P/c11-10-13-6-2(7(18)14-10)12-1-15(6)8-4(17)3(16)5(21-8)9(19)20;1-5(2,3)4/h1,3-5,8,16-17H,(H,19,20)(H3,11,13,14,18);(H3,1,2,3,4)/t3-,4+,5-,8+;/m0./s1. The number of aliphatic hydroxyl groups excluding tert-OH is 2. The van der Waals surface area contributed by atoms with Crippen molar-refractivity contribution in [2.45, 2.75) is 24.5 Å². The number of anilines is 1. The molecule has 144 valence electrons. The van der Waals surface area contributed by atoms with E-state index in [1.165, 1.54) is 0 Å². The summed E-state index contributed by atoms with van der Waals surface area (Å²) in [4.78, 5) is 54.1. The van der Waals surface area contributed by atoms with Gasteiger partial charge in [0.2, 0.25) is 5.95 Å². The second-order valence-electron chi connectivity index (χ2n) is 5.06. The number of carbonyl (C=O) groups is 1. The van der Waals surface area contributed by atoms with Gasteiger partial charge in [0, 0.05) is 0 Å². The second-order valence-corrected chi connectivity index (χ2v) is 6.08. The van der Waals surface area contributed by atoms with Crippen molar-refractivity contribution < 1.29 is 44.1 Å². The van der Waals surface area contributed by atoms with Crippen molar-refractivity contribution in [2.75, 3.05) is 5.73 Å². The lowest BCUT2D eigenvalue weighted by Crippen LogP contribution is -2.35. The number of carboxylic acids is 1. The van der Waals surface area contributed by atoms with Crippen LogP contribution in [0.15, 0.2) is 11.1 Å². The van der Waals surface area contributed by atoms with Crippen molar-refractivity contribution in [3.63, 3.8) is 0 Å². The van der Waals surface area contributed by atoms with E-state index in [1.54, 1.807) is 0 Å². The first kappa shape index (κ1) is 19.9. The highest BCUT2D eigenvalue weighted by atomic mass is 31.2. The van der Waals surface area contributed by atoms with E-state index in [4.69, 9.17) is 34.8 Å². The molecule has 1 fully saturated rings. The van der Waals surface area contributed by atoms with Crippen LogP contribution in [-0.2, 0) is 14.1 Å². The van der Waals surface area contributed by atoms with E-state index in [-0.39, 0.29) is 17.1 Å². The van der Waals surface area contributed by atoms with Gasteiger partial charge in [-0.3, -0.25) is 14.3 Å². The number of imidazole rings is 1. The molecule has 0 aromatic carbocycles. The van der Waals surface area contributed by atoms with Crippen LogP contribution in [0.25, 0.3) is 11.2 Å². The molecule has 0 radical (unpaired) electrons. The average Bonchev–Trinajstić information content (AvgIpc) is 3.00. The van der Waals surface area contributed by atoms with Crippen LogP contribution in [0.4, 0.5) is 5.95 Å². The number of hydrogen-bond acceptors (Lipinski definition) is 9. The third-order valence-electron chi connectivity index (χ3n) is 3.21. The Bertz CT molecular complexity index is 912. The number of nitrogen functional groups attached to an aromatic ring is 1. The summed E-state index contributed by atoms with van der Waals surface area (Å²) in [6.45, 7) is 0. The minimum absolute atomic E-state index is 0.0125. The van der Waals surface area contributed by atoms with Gasteiger partial charge in [-0.1, -0.05) is 0 Å². The molecule has 1 aliphatic rings. The molecule has 16 heteroatoms. The summed E-state index contributed by atoms with van der Waals surface area (Å²) in [7, 11) is -4.64. The Morgan fingerprint density at radius 1 is 1.31 bits per heavy atom. The average molecular weight is 395 g/mol. The van der Waals surface area contributed by atoms with Crippen LogP contribution in [0.1, 0.15) is 6.23 Å². The zero-order chi connectivity index (χ0) is 19.8. The van der Waals surface area contributed by atoms with Gasteiger partial charge < -0.3 is 40.5 Å². The number of hydrogen-bond donors (Lipinski definition) is 8. The molecular weight excluding hydrogens is 381 g/mol. The van der Waals surface area contributed by atoms with Crippen molar-refractivity contribution >= 4 is 30.9 Å². The Kier molecular flexibility index (Phi) is 5.43. The van der Waals surface area contributed by atoms with Crippen LogP contribution in [0.2, 0.25) is 0 Å². The van der Waals surface area contributed by atoms with Gasteiger partial charge >= 0.3 is 13.8 Å². The van der Waals surface area contributed by atoms with Crippen LogP contribution in [0.3, 0.4) is 0 Å². The van der Waals surface area contributed by atoms with Gasteiger partial charge in [0.1, 0.15) is 12.2 Å². The minimum Gasteiger partial charge on any atom is -0.479 e. The number of ether oxygens (including phenoxy) is 1. The Morgan fingerprint density at radius 3 is 2.38 bits per heavy atom. The number of H-pyrrole nitrogens is 1. The first-order valence-electron chi connectivity index (χ1n) is 6.65. The lowest BCUT2D eigenvalue weighted by atomic mass is 10.1. The maximum Gasteiger partial charge on any atom is 0.466 e. The number of phosphoric acid groups is 1. The molecule has 15 nitrogen and oxygen atoms in total. The number of aliphatic carboxylic acids is 1. The highest BCUT2D eigenvalue weighted by molar-refractivity contribution is 7.45. The minimum atomic E-state index is -4.64. The molecule has 26 heavy (non-hydrogen) atoms. The number of rotatable bonds is 2. The van der Waals surface area contributed by atoms with Crippen LogP contribution in [0, 0.1) is 0 Å². The van der Waals surface area contributed by atoms with Gasteiger partial charge in [0.25, 0.3) is 5.56 Å². The zero-order valence-corrected chi connectivity index (χ0v) is 13.5. The molecule has 0 amide bonds. The highest BCUT2D eigenvalue weighted by Crippen LogP contribution is 2.31. The van der Waals surface area contributed by atoms with Crippen molar-refractivity contribution in [3.8, 4) is 0 Å². The molecule has 4 atom stereocenters. The lowest BCUT2D eigenvalue weighted by molar-refractivity contribution is -0.155. The Hall–Kier alpha value is -2.39. The SMILES string of the molecule is Nc1nc2c(ncn2[C@@H]2O[C@H](C(=O)O)[C@@H](O)[C@H]2O)c(=O)[nH]1.O=P(O)(O)O. The quantitative estimate of drug-likeness (QED) is 0.230. The van der Waals surface area contributed by atoms with E-state index in [9.17, 15) is 19.8 Å². The Labute approximate surface area is 142 Å². The fourth-order valence-electron chi connectivity index (χ4n) is 2.22. The molecule has 2 aromatic rings. The molecule has 3 heterocycles. The van der Waals surface area contributed by atoms with E-state index in [0.717, 1.165) is 10.9 Å². The number of aromatic amines is 1. The Balaban J connectivity index is 0.000000431. The molecule has 1 aliphatic heterocycles. The number of nitrogens with zero attached hydrogens (tertiary/aromatic N) is 3. The summed E-state index contributed by atoms with van der Waals surface area (Å²) < 4.78 is 15.1. The number of carboxylic acid groups (broad SMARTS) is 1. The molecule has 3 rings (SSSR count). The van der Waals surface area contributed by atoms with Gasteiger partial charge in [-0.15, -0.1) is 0 Å². The summed E-state index contributed by atoms with van der Waals surface area (Å²) in [5, 5.41) is 28.5. The number of nitrogens with two attached hydrogens (primary N) is 1. The van der Waals surface area contributed by atoms with Crippen LogP contribution in [0.5, 0.6) is 0 Å². The topological polar surface area (TPSA) is 254 Å².